The quantitative estimate of drug-likeness (QED) is 0.884. The number of anilines is 1. The summed E-state index contributed by atoms with van der Waals surface area (Å²) in [7, 11) is 0. The molecule has 19 heavy (non-hydrogen) atoms. The van der Waals surface area contributed by atoms with Crippen molar-refractivity contribution in [2.75, 3.05) is 11.9 Å². The fraction of sp³-hybridized carbons (Fsp3) is 0.214. The van der Waals surface area contributed by atoms with Crippen molar-refractivity contribution in [3.8, 4) is 0 Å². The van der Waals surface area contributed by atoms with Gasteiger partial charge in [0.05, 0.1) is 19.4 Å². The van der Waals surface area contributed by atoms with E-state index in [-0.39, 0.29) is 12.5 Å². The number of rotatable bonds is 5. The molecule has 0 aliphatic heterocycles. The zero-order valence-electron chi connectivity index (χ0n) is 10.6. The third kappa shape index (κ3) is 4.03. The number of carbonyl (C=O) groups excluding carboxylic acids is 1. The van der Waals surface area contributed by atoms with E-state index in [1.165, 1.54) is 0 Å². The third-order valence-electron chi connectivity index (χ3n) is 2.68. The molecule has 1 amide bonds. The molecule has 0 bridgehead atoms. The summed E-state index contributed by atoms with van der Waals surface area (Å²) in [4.78, 5) is 11.7. The molecule has 0 fully saturated rings. The van der Waals surface area contributed by atoms with Crippen molar-refractivity contribution < 1.29 is 9.21 Å². The average molecular weight is 279 g/mol. The van der Waals surface area contributed by atoms with Crippen molar-refractivity contribution in [1.82, 2.24) is 5.32 Å². The standard InChI is InChI=1S/C14H15ClN2O2/c1-10-4-5-11(15)7-13(10)16-9-14(18)17-8-12-3-2-6-19-12/h2-7,16H,8-9H2,1H3,(H,17,18). The Morgan fingerprint density at radius 2 is 2.21 bits per heavy atom. The molecular weight excluding hydrogens is 264 g/mol. The van der Waals surface area contributed by atoms with Crippen LogP contribution in [-0.4, -0.2) is 12.5 Å². The van der Waals surface area contributed by atoms with Gasteiger partial charge in [0.1, 0.15) is 5.76 Å². The Kier molecular flexibility index (Phi) is 4.47. The molecule has 2 rings (SSSR count). The van der Waals surface area contributed by atoms with Gasteiger partial charge in [-0.1, -0.05) is 17.7 Å². The SMILES string of the molecule is Cc1ccc(Cl)cc1NCC(=O)NCc1ccco1. The second-order valence-electron chi connectivity index (χ2n) is 4.17. The zero-order chi connectivity index (χ0) is 13.7. The maximum absolute atomic E-state index is 11.7. The number of benzene rings is 1. The fourth-order valence-electron chi connectivity index (χ4n) is 1.62. The van der Waals surface area contributed by atoms with E-state index in [9.17, 15) is 4.79 Å². The molecule has 4 nitrogen and oxygen atoms in total. The highest BCUT2D eigenvalue weighted by Crippen LogP contribution is 2.19. The molecule has 1 aromatic carbocycles. The maximum atomic E-state index is 11.7. The number of carbonyl (C=O) groups is 1. The molecule has 1 aromatic heterocycles. The van der Waals surface area contributed by atoms with Crippen LogP contribution in [0.15, 0.2) is 41.0 Å². The molecule has 1 heterocycles. The number of halogens is 1. The van der Waals surface area contributed by atoms with Crippen LogP contribution in [-0.2, 0) is 11.3 Å². The van der Waals surface area contributed by atoms with E-state index in [1.807, 2.05) is 25.1 Å². The molecular formula is C14H15ClN2O2. The second-order valence-corrected chi connectivity index (χ2v) is 4.61. The minimum absolute atomic E-state index is 0.101. The molecule has 0 aliphatic carbocycles. The van der Waals surface area contributed by atoms with Crippen molar-refractivity contribution in [2.45, 2.75) is 13.5 Å². The second kappa shape index (κ2) is 6.29. The number of aryl methyl sites for hydroxylation is 1. The topological polar surface area (TPSA) is 54.3 Å². The smallest absolute Gasteiger partial charge is 0.239 e. The van der Waals surface area contributed by atoms with Crippen LogP contribution in [0.5, 0.6) is 0 Å². The highest BCUT2D eigenvalue weighted by Gasteiger charge is 2.04. The molecule has 0 radical (unpaired) electrons. The predicted octanol–water partition coefficient (Wildman–Crippen LogP) is 2.97. The van der Waals surface area contributed by atoms with E-state index in [2.05, 4.69) is 10.6 Å². The van der Waals surface area contributed by atoms with Crippen LogP contribution in [0.25, 0.3) is 0 Å². The summed E-state index contributed by atoms with van der Waals surface area (Å²) in [6, 6.07) is 9.13. The first-order chi connectivity index (χ1) is 9.15. The van der Waals surface area contributed by atoms with E-state index in [4.69, 9.17) is 16.0 Å². The number of hydrogen-bond donors (Lipinski definition) is 2. The van der Waals surface area contributed by atoms with Gasteiger partial charge >= 0.3 is 0 Å². The Bertz CT molecular complexity index is 553. The van der Waals surface area contributed by atoms with E-state index in [0.717, 1.165) is 17.0 Å². The first-order valence-corrected chi connectivity index (χ1v) is 6.32. The van der Waals surface area contributed by atoms with Gasteiger partial charge in [0.2, 0.25) is 5.91 Å². The van der Waals surface area contributed by atoms with Crippen LogP contribution in [0.3, 0.4) is 0 Å². The monoisotopic (exact) mass is 278 g/mol. The van der Waals surface area contributed by atoms with Crippen LogP contribution < -0.4 is 10.6 Å². The molecule has 0 saturated heterocycles. The van der Waals surface area contributed by atoms with Crippen molar-refractivity contribution in [3.05, 3.63) is 52.9 Å². The molecule has 0 spiro atoms. The lowest BCUT2D eigenvalue weighted by molar-refractivity contribution is -0.119. The lowest BCUT2D eigenvalue weighted by Crippen LogP contribution is -2.29. The summed E-state index contributed by atoms with van der Waals surface area (Å²) in [6.07, 6.45) is 1.58. The van der Waals surface area contributed by atoms with Gasteiger partial charge in [-0.2, -0.15) is 0 Å². The Balaban J connectivity index is 1.81. The minimum Gasteiger partial charge on any atom is -0.467 e. The molecule has 2 aromatic rings. The van der Waals surface area contributed by atoms with Gasteiger partial charge in [-0.15, -0.1) is 0 Å². The number of furan rings is 1. The number of nitrogens with one attached hydrogen (secondary N) is 2. The summed E-state index contributed by atoms with van der Waals surface area (Å²) in [5, 5.41) is 6.46. The van der Waals surface area contributed by atoms with E-state index in [0.29, 0.717) is 11.6 Å². The fourth-order valence-corrected chi connectivity index (χ4v) is 1.79. The van der Waals surface area contributed by atoms with Crippen molar-refractivity contribution >= 4 is 23.2 Å². The lowest BCUT2D eigenvalue weighted by atomic mass is 10.2. The van der Waals surface area contributed by atoms with E-state index >= 15 is 0 Å². The van der Waals surface area contributed by atoms with Crippen LogP contribution in [0.1, 0.15) is 11.3 Å². The molecule has 0 aliphatic rings. The van der Waals surface area contributed by atoms with Gasteiger partial charge < -0.3 is 15.1 Å². The minimum atomic E-state index is -0.101. The lowest BCUT2D eigenvalue weighted by Gasteiger charge is -2.09. The van der Waals surface area contributed by atoms with Crippen molar-refractivity contribution in [1.29, 1.82) is 0 Å². The Morgan fingerprint density at radius 1 is 1.37 bits per heavy atom. The Hall–Kier alpha value is -1.94. The summed E-state index contributed by atoms with van der Waals surface area (Å²) in [5.74, 6) is 0.628. The highest BCUT2D eigenvalue weighted by atomic mass is 35.5. The summed E-state index contributed by atoms with van der Waals surface area (Å²) < 4.78 is 5.13. The Morgan fingerprint density at radius 3 is 2.95 bits per heavy atom. The van der Waals surface area contributed by atoms with Gasteiger partial charge in [-0.25, -0.2) is 0 Å². The van der Waals surface area contributed by atoms with Gasteiger partial charge in [0.25, 0.3) is 0 Å². The van der Waals surface area contributed by atoms with Gasteiger partial charge in [-0.3, -0.25) is 4.79 Å². The largest absolute Gasteiger partial charge is 0.467 e. The molecule has 0 saturated carbocycles. The third-order valence-corrected chi connectivity index (χ3v) is 2.91. The molecule has 5 heteroatoms. The number of amides is 1. The van der Waals surface area contributed by atoms with Gasteiger partial charge in [-0.05, 0) is 36.8 Å². The van der Waals surface area contributed by atoms with E-state index in [1.54, 1.807) is 18.4 Å². The highest BCUT2D eigenvalue weighted by molar-refractivity contribution is 6.30. The van der Waals surface area contributed by atoms with Crippen molar-refractivity contribution in [2.24, 2.45) is 0 Å². The molecule has 2 N–H and O–H groups in total. The summed E-state index contributed by atoms with van der Waals surface area (Å²) in [5.41, 5.74) is 1.91. The zero-order valence-corrected chi connectivity index (χ0v) is 11.3. The van der Waals surface area contributed by atoms with E-state index < -0.39 is 0 Å². The first kappa shape index (κ1) is 13.5. The summed E-state index contributed by atoms with van der Waals surface area (Å²) in [6.45, 7) is 2.54. The Labute approximate surface area is 116 Å². The molecule has 100 valence electrons. The van der Waals surface area contributed by atoms with Crippen LogP contribution in [0.2, 0.25) is 5.02 Å². The average Bonchev–Trinajstić information content (AvgIpc) is 2.90. The molecule has 0 unspecified atom stereocenters. The van der Waals surface area contributed by atoms with Gasteiger partial charge in [0.15, 0.2) is 0 Å². The van der Waals surface area contributed by atoms with Gasteiger partial charge in [0, 0.05) is 10.7 Å². The van der Waals surface area contributed by atoms with Crippen molar-refractivity contribution in [3.63, 3.8) is 0 Å². The maximum Gasteiger partial charge on any atom is 0.239 e. The summed E-state index contributed by atoms with van der Waals surface area (Å²) >= 11 is 5.91. The van der Waals surface area contributed by atoms with Crippen LogP contribution in [0, 0.1) is 6.92 Å². The normalized spacial score (nSPS) is 10.2. The number of hydrogen-bond acceptors (Lipinski definition) is 3. The first-order valence-electron chi connectivity index (χ1n) is 5.94. The van der Waals surface area contributed by atoms with Crippen LogP contribution in [0.4, 0.5) is 5.69 Å². The van der Waals surface area contributed by atoms with Crippen LogP contribution >= 0.6 is 11.6 Å². The molecule has 0 atom stereocenters. The predicted molar refractivity (Wildman–Crippen MR) is 75.2 cm³/mol.